The van der Waals surface area contributed by atoms with Crippen LogP contribution in [-0.4, -0.2) is 62.0 Å². The third-order valence-corrected chi connectivity index (χ3v) is 6.48. The largest absolute Gasteiger partial charge is 0.497 e. The van der Waals surface area contributed by atoms with E-state index in [4.69, 9.17) is 9.47 Å². The summed E-state index contributed by atoms with van der Waals surface area (Å²) in [6.07, 6.45) is 2.09. The predicted octanol–water partition coefficient (Wildman–Crippen LogP) is 3.49. The highest BCUT2D eigenvalue weighted by atomic mass is 16.5. The van der Waals surface area contributed by atoms with E-state index in [1.165, 1.54) is 0 Å². The van der Waals surface area contributed by atoms with Gasteiger partial charge in [0.25, 0.3) is 5.91 Å². The van der Waals surface area contributed by atoms with Gasteiger partial charge in [0.2, 0.25) is 5.91 Å². The maximum Gasteiger partial charge on any atom is 0.253 e. The average molecular weight is 423 g/mol. The van der Waals surface area contributed by atoms with E-state index in [-0.39, 0.29) is 23.7 Å². The van der Waals surface area contributed by atoms with Crippen molar-refractivity contribution < 1.29 is 19.1 Å². The van der Waals surface area contributed by atoms with Crippen LogP contribution in [-0.2, 0) is 4.79 Å². The van der Waals surface area contributed by atoms with Gasteiger partial charge in [0.15, 0.2) is 0 Å². The average Bonchev–Trinajstić information content (AvgIpc) is 3.49. The molecule has 0 saturated carbocycles. The van der Waals surface area contributed by atoms with Crippen LogP contribution in [0.1, 0.15) is 40.2 Å². The van der Waals surface area contributed by atoms with Crippen molar-refractivity contribution in [2.45, 2.75) is 25.7 Å². The van der Waals surface area contributed by atoms with E-state index in [2.05, 4.69) is 0 Å². The van der Waals surface area contributed by atoms with Crippen LogP contribution in [0.25, 0.3) is 0 Å². The maximum absolute atomic E-state index is 13.4. The first-order valence-electron chi connectivity index (χ1n) is 10.9. The van der Waals surface area contributed by atoms with E-state index >= 15 is 0 Å². The van der Waals surface area contributed by atoms with Gasteiger partial charge < -0.3 is 19.3 Å². The maximum atomic E-state index is 13.4. The molecule has 4 rings (SSSR count). The molecule has 31 heavy (non-hydrogen) atoms. The Morgan fingerprint density at radius 2 is 1.61 bits per heavy atom. The van der Waals surface area contributed by atoms with Gasteiger partial charge in [0.05, 0.1) is 20.1 Å². The minimum Gasteiger partial charge on any atom is -0.497 e. The molecule has 0 bridgehead atoms. The highest BCUT2D eigenvalue weighted by Crippen LogP contribution is 2.40. The van der Waals surface area contributed by atoms with Gasteiger partial charge in [-0.3, -0.25) is 9.59 Å². The van der Waals surface area contributed by atoms with E-state index in [1.54, 1.807) is 14.2 Å². The Labute approximate surface area is 183 Å². The molecule has 0 aromatic heterocycles. The summed E-state index contributed by atoms with van der Waals surface area (Å²) in [5.41, 5.74) is 2.71. The van der Waals surface area contributed by atoms with Crippen LogP contribution < -0.4 is 9.47 Å². The quantitative estimate of drug-likeness (QED) is 0.740. The molecule has 0 N–H and O–H groups in total. The molecule has 2 aliphatic heterocycles. The second-order valence-electron chi connectivity index (χ2n) is 8.43. The second-order valence-corrected chi connectivity index (χ2v) is 8.43. The van der Waals surface area contributed by atoms with Gasteiger partial charge in [-0.15, -0.1) is 0 Å². The van der Waals surface area contributed by atoms with Crippen molar-refractivity contribution in [3.8, 4) is 11.5 Å². The number of rotatable bonds is 5. The summed E-state index contributed by atoms with van der Waals surface area (Å²) in [6.45, 7) is 4.50. The van der Waals surface area contributed by atoms with Gasteiger partial charge in [-0.2, -0.15) is 0 Å². The Balaban J connectivity index is 1.66. The molecule has 2 aromatic carbocycles. The van der Waals surface area contributed by atoms with Crippen LogP contribution in [0.15, 0.2) is 42.5 Å². The number of ether oxygens (including phenoxy) is 2. The molecular weight excluding hydrogens is 392 g/mol. The van der Waals surface area contributed by atoms with Crippen molar-refractivity contribution >= 4 is 11.8 Å². The zero-order chi connectivity index (χ0) is 22.0. The lowest BCUT2D eigenvalue weighted by Gasteiger charge is -2.25. The minimum absolute atomic E-state index is 0.0331. The number of hydrogen-bond donors (Lipinski definition) is 0. The van der Waals surface area contributed by atoms with Crippen LogP contribution in [0.3, 0.4) is 0 Å². The zero-order valence-corrected chi connectivity index (χ0v) is 18.5. The fourth-order valence-electron chi connectivity index (χ4n) is 4.71. The van der Waals surface area contributed by atoms with Crippen LogP contribution in [0.5, 0.6) is 11.5 Å². The van der Waals surface area contributed by atoms with Crippen molar-refractivity contribution in [1.82, 2.24) is 9.80 Å². The van der Waals surface area contributed by atoms with Crippen molar-refractivity contribution in [1.29, 1.82) is 0 Å². The molecule has 2 amide bonds. The first kappa shape index (κ1) is 21.2. The number of carbonyl (C=O) groups is 2. The predicted molar refractivity (Wildman–Crippen MR) is 119 cm³/mol. The van der Waals surface area contributed by atoms with Gasteiger partial charge in [-0.25, -0.2) is 0 Å². The van der Waals surface area contributed by atoms with Crippen molar-refractivity contribution in [3.63, 3.8) is 0 Å². The number of nitrogens with zero attached hydrogens (tertiary/aromatic N) is 2. The van der Waals surface area contributed by atoms with Crippen LogP contribution in [0.4, 0.5) is 0 Å². The third kappa shape index (κ3) is 4.24. The Hall–Kier alpha value is -3.02. The summed E-state index contributed by atoms with van der Waals surface area (Å²) in [5, 5.41) is 0. The number of benzene rings is 2. The topological polar surface area (TPSA) is 59.1 Å². The summed E-state index contributed by atoms with van der Waals surface area (Å²) in [4.78, 5) is 30.4. The third-order valence-electron chi connectivity index (χ3n) is 6.48. The number of carbonyl (C=O) groups excluding carboxylic acids is 2. The molecule has 0 spiro atoms. The van der Waals surface area contributed by atoms with E-state index in [0.29, 0.717) is 30.2 Å². The van der Waals surface area contributed by atoms with Crippen LogP contribution in [0.2, 0.25) is 0 Å². The Kier molecular flexibility index (Phi) is 6.16. The summed E-state index contributed by atoms with van der Waals surface area (Å²) in [6, 6.07) is 13.3. The molecular formula is C25H30N2O4. The normalized spacial score (nSPS) is 20.7. The van der Waals surface area contributed by atoms with Gasteiger partial charge in [-0.1, -0.05) is 23.8 Å². The number of amides is 2. The first-order chi connectivity index (χ1) is 15.0. The lowest BCUT2D eigenvalue weighted by molar-refractivity contribution is -0.134. The molecule has 2 saturated heterocycles. The SMILES string of the molecule is COc1ccc([C@H]2CN(C(=O)c3ccc(C)cc3)C[C@H]2C(=O)N2CCCC2)c(OC)c1. The minimum atomic E-state index is -0.283. The fourth-order valence-corrected chi connectivity index (χ4v) is 4.71. The Morgan fingerprint density at radius 1 is 0.903 bits per heavy atom. The van der Waals surface area contributed by atoms with Gasteiger partial charge in [-0.05, 0) is 38.0 Å². The van der Waals surface area contributed by atoms with Crippen LogP contribution in [0, 0.1) is 12.8 Å². The number of aryl methyl sites for hydroxylation is 1. The monoisotopic (exact) mass is 422 g/mol. The fraction of sp³-hybridized carbons (Fsp3) is 0.440. The summed E-state index contributed by atoms with van der Waals surface area (Å²) >= 11 is 0. The molecule has 2 heterocycles. The summed E-state index contributed by atoms with van der Waals surface area (Å²) in [5.74, 6) is 1.09. The Morgan fingerprint density at radius 3 is 2.26 bits per heavy atom. The molecule has 0 aliphatic carbocycles. The molecule has 2 aliphatic rings. The molecule has 2 aromatic rings. The van der Waals surface area contributed by atoms with Crippen molar-refractivity contribution in [2.24, 2.45) is 5.92 Å². The summed E-state index contributed by atoms with van der Waals surface area (Å²) < 4.78 is 11.0. The van der Waals surface area contributed by atoms with E-state index in [9.17, 15) is 9.59 Å². The lowest BCUT2D eigenvalue weighted by atomic mass is 9.87. The molecule has 2 fully saturated rings. The zero-order valence-electron chi connectivity index (χ0n) is 18.5. The standard InChI is InChI=1S/C25H30N2O4/c1-17-6-8-18(9-7-17)24(28)27-15-21(20-11-10-19(30-2)14-23(20)31-3)22(16-27)25(29)26-12-4-5-13-26/h6-11,14,21-22H,4-5,12-13,15-16H2,1-3H3/t21-,22-/m1/s1. The van der Waals surface area contributed by atoms with Crippen LogP contribution >= 0.6 is 0 Å². The first-order valence-corrected chi connectivity index (χ1v) is 10.9. The molecule has 6 nitrogen and oxygen atoms in total. The number of methoxy groups -OCH3 is 2. The summed E-state index contributed by atoms with van der Waals surface area (Å²) in [7, 11) is 3.24. The molecule has 2 atom stereocenters. The molecule has 164 valence electrons. The number of likely N-dealkylation sites (tertiary alicyclic amines) is 2. The molecule has 0 radical (unpaired) electrons. The second kappa shape index (κ2) is 9.00. The Bertz CT molecular complexity index is 950. The van der Waals surface area contributed by atoms with E-state index in [0.717, 1.165) is 37.1 Å². The van der Waals surface area contributed by atoms with Gasteiger partial charge in [0, 0.05) is 49.3 Å². The van der Waals surface area contributed by atoms with E-state index < -0.39 is 0 Å². The smallest absolute Gasteiger partial charge is 0.253 e. The number of hydrogen-bond acceptors (Lipinski definition) is 4. The highest BCUT2D eigenvalue weighted by Gasteiger charge is 2.43. The van der Waals surface area contributed by atoms with Crippen molar-refractivity contribution in [2.75, 3.05) is 40.4 Å². The van der Waals surface area contributed by atoms with E-state index in [1.807, 2.05) is 59.2 Å². The molecule has 0 unspecified atom stereocenters. The van der Waals surface area contributed by atoms with Crippen molar-refractivity contribution in [3.05, 3.63) is 59.2 Å². The highest BCUT2D eigenvalue weighted by molar-refractivity contribution is 5.95. The molecule has 6 heteroatoms. The van der Waals surface area contributed by atoms with Gasteiger partial charge >= 0.3 is 0 Å². The lowest BCUT2D eigenvalue weighted by Crippen LogP contribution is -2.37. The van der Waals surface area contributed by atoms with Gasteiger partial charge in [0.1, 0.15) is 11.5 Å².